The van der Waals surface area contributed by atoms with Gasteiger partial charge in [0.05, 0.1) is 27.8 Å². The summed E-state index contributed by atoms with van der Waals surface area (Å²) in [5.41, 5.74) is 12.1. The van der Waals surface area contributed by atoms with Crippen LogP contribution in [-0.2, 0) is 0 Å². The summed E-state index contributed by atoms with van der Waals surface area (Å²) in [5, 5.41) is 10.1. The molecule has 0 aliphatic heterocycles. The minimum atomic E-state index is 1.16. The molecule has 0 fully saturated rings. The number of benzene rings is 9. The van der Waals surface area contributed by atoms with Gasteiger partial charge in [-0.1, -0.05) is 140 Å². The fourth-order valence-corrected chi connectivity index (χ4v) is 8.60. The van der Waals surface area contributed by atoms with Gasteiger partial charge in [-0.15, -0.1) is 0 Å². The van der Waals surface area contributed by atoms with Crippen molar-refractivity contribution in [2.45, 2.75) is 0 Å². The van der Waals surface area contributed by atoms with Gasteiger partial charge in [-0.05, 0) is 93.0 Å². The number of fused-ring (bicyclic) bond motifs is 9. The van der Waals surface area contributed by atoms with Gasteiger partial charge in [-0.3, -0.25) is 0 Å². The molecule has 52 heavy (non-hydrogen) atoms. The Labute approximate surface area is 301 Å². The van der Waals surface area contributed by atoms with Crippen LogP contribution in [0.25, 0.3) is 98.8 Å². The molecule has 0 unspecified atom stereocenters. The van der Waals surface area contributed by atoms with E-state index in [0.29, 0.717) is 0 Å². The lowest BCUT2D eigenvalue weighted by molar-refractivity contribution is 1.18. The third-order valence-corrected chi connectivity index (χ3v) is 10.9. The van der Waals surface area contributed by atoms with Crippen molar-refractivity contribution in [3.8, 4) is 33.6 Å². The Morgan fingerprint density at radius 3 is 1.71 bits per heavy atom. The molecule has 11 aromatic rings. The van der Waals surface area contributed by atoms with E-state index in [1.807, 2.05) is 0 Å². The summed E-state index contributed by atoms with van der Waals surface area (Å²) in [4.78, 5) is 0. The summed E-state index contributed by atoms with van der Waals surface area (Å²) >= 11 is 0. The lowest BCUT2D eigenvalue weighted by atomic mass is 9.97. The van der Waals surface area contributed by atoms with Gasteiger partial charge in [0.2, 0.25) is 0 Å². The Balaban J connectivity index is 1.16. The minimum absolute atomic E-state index is 1.16. The van der Waals surface area contributed by atoms with Crippen molar-refractivity contribution in [1.82, 2.24) is 9.13 Å². The van der Waals surface area contributed by atoms with Crippen molar-refractivity contribution >= 4 is 65.2 Å². The average Bonchev–Trinajstić information content (AvgIpc) is 3.73. The predicted octanol–water partition coefficient (Wildman–Crippen LogP) is 13.5. The van der Waals surface area contributed by atoms with Gasteiger partial charge in [0.1, 0.15) is 0 Å². The molecular weight excluding hydrogens is 629 g/mol. The van der Waals surface area contributed by atoms with Gasteiger partial charge in [0.25, 0.3) is 0 Å². The van der Waals surface area contributed by atoms with Gasteiger partial charge >= 0.3 is 0 Å². The summed E-state index contributed by atoms with van der Waals surface area (Å²) in [6.07, 6.45) is 0. The molecule has 0 amide bonds. The highest BCUT2D eigenvalue weighted by atomic mass is 15.0. The Kier molecular flexibility index (Phi) is 6.28. The lowest BCUT2D eigenvalue weighted by Crippen LogP contribution is -1.96. The van der Waals surface area contributed by atoms with Crippen LogP contribution in [0.4, 0.5) is 0 Å². The molecule has 2 nitrogen and oxygen atoms in total. The third-order valence-electron chi connectivity index (χ3n) is 10.9. The van der Waals surface area contributed by atoms with E-state index >= 15 is 0 Å². The van der Waals surface area contributed by atoms with E-state index in [1.54, 1.807) is 0 Å². The van der Waals surface area contributed by atoms with E-state index in [2.05, 4.69) is 203 Å². The van der Waals surface area contributed by atoms with Crippen LogP contribution in [0, 0.1) is 0 Å². The molecule has 0 aliphatic carbocycles. The minimum Gasteiger partial charge on any atom is -0.309 e. The summed E-state index contributed by atoms with van der Waals surface area (Å²) in [5.74, 6) is 0. The number of rotatable bonds is 4. The van der Waals surface area contributed by atoms with Gasteiger partial charge in [0.15, 0.2) is 0 Å². The predicted molar refractivity (Wildman–Crippen MR) is 221 cm³/mol. The molecule has 0 bridgehead atoms. The van der Waals surface area contributed by atoms with Crippen molar-refractivity contribution in [2.75, 3.05) is 0 Å². The first-order chi connectivity index (χ1) is 25.8. The molecule has 0 saturated heterocycles. The molecule has 2 aromatic heterocycles. The number of hydrogen-bond acceptors (Lipinski definition) is 0. The van der Waals surface area contributed by atoms with Gasteiger partial charge in [-0.2, -0.15) is 0 Å². The summed E-state index contributed by atoms with van der Waals surface area (Å²) in [6, 6.07) is 71.0. The van der Waals surface area contributed by atoms with Crippen molar-refractivity contribution in [2.24, 2.45) is 0 Å². The quantitative estimate of drug-likeness (QED) is 0.166. The molecule has 11 rings (SSSR count). The van der Waals surface area contributed by atoms with Crippen LogP contribution in [0.15, 0.2) is 194 Å². The highest BCUT2D eigenvalue weighted by molar-refractivity contribution is 6.18. The standard InChI is InChI=1S/C50H32N2/c1-3-13-33(14-4-1)40-21-12-24-48-50(40)43-32-37(28-30-46(43)51(48)38-17-5-2-6-18-38)36-27-29-45-42(31-36)41-20-9-10-22-44(41)52(45)47-23-11-16-35-26-25-34-15-7-8-19-39(34)49(35)47/h1-32H. The summed E-state index contributed by atoms with van der Waals surface area (Å²) < 4.78 is 4.87. The van der Waals surface area contributed by atoms with E-state index in [-0.39, 0.29) is 0 Å². The average molecular weight is 661 g/mol. The van der Waals surface area contributed by atoms with Crippen molar-refractivity contribution in [3.63, 3.8) is 0 Å². The van der Waals surface area contributed by atoms with Gasteiger partial charge in [0, 0.05) is 32.6 Å². The molecule has 0 atom stereocenters. The first kappa shape index (κ1) is 28.9. The number of nitrogens with zero attached hydrogens (tertiary/aromatic N) is 2. The molecule has 242 valence electrons. The largest absolute Gasteiger partial charge is 0.309 e. The normalized spacial score (nSPS) is 11.8. The van der Waals surface area contributed by atoms with Crippen LogP contribution < -0.4 is 0 Å². The SMILES string of the molecule is c1ccc(-c2cccc3c2c2cc(-c4ccc5c(c4)c4ccccc4n5-c4cccc5ccc6ccccc6c45)ccc2n3-c2ccccc2)cc1. The van der Waals surface area contributed by atoms with Crippen LogP contribution in [0.2, 0.25) is 0 Å². The Morgan fingerprint density at radius 2 is 0.885 bits per heavy atom. The zero-order valence-electron chi connectivity index (χ0n) is 28.4. The fraction of sp³-hybridized carbons (Fsp3) is 0. The van der Waals surface area contributed by atoms with Crippen molar-refractivity contribution in [1.29, 1.82) is 0 Å². The van der Waals surface area contributed by atoms with Crippen LogP contribution in [-0.4, -0.2) is 9.13 Å². The maximum atomic E-state index is 2.46. The second-order valence-corrected chi connectivity index (χ2v) is 13.7. The zero-order chi connectivity index (χ0) is 34.2. The van der Waals surface area contributed by atoms with E-state index < -0.39 is 0 Å². The van der Waals surface area contributed by atoms with Crippen molar-refractivity contribution < 1.29 is 0 Å². The van der Waals surface area contributed by atoms with Crippen LogP contribution in [0.5, 0.6) is 0 Å². The van der Waals surface area contributed by atoms with Crippen molar-refractivity contribution in [3.05, 3.63) is 194 Å². The second kappa shape index (κ2) is 11.3. The summed E-state index contributed by atoms with van der Waals surface area (Å²) in [6.45, 7) is 0. The highest BCUT2D eigenvalue weighted by Gasteiger charge is 2.19. The highest BCUT2D eigenvalue weighted by Crippen LogP contribution is 2.42. The van der Waals surface area contributed by atoms with E-state index in [0.717, 1.165) is 5.69 Å². The number of aromatic nitrogens is 2. The van der Waals surface area contributed by atoms with Crippen LogP contribution in [0.1, 0.15) is 0 Å². The Bertz CT molecular complexity index is 3160. The summed E-state index contributed by atoms with van der Waals surface area (Å²) in [7, 11) is 0. The topological polar surface area (TPSA) is 9.86 Å². The molecular formula is C50H32N2. The molecule has 2 heteroatoms. The smallest absolute Gasteiger partial charge is 0.0547 e. The number of para-hydroxylation sites is 2. The monoisotopic (exact) mass is 660 g/mol. The van der Waals surface area contributed by atoms with E-state index in [1.165, 1.54) is 93.1 Å². The van der Waals surface area contributed by atoms with E-state index in [9.17, 15) is 0 Å². The molecule has 0 aliphatic rings. The third kappa shape index (κ3) is 4.25. The maximum Gasteiger partial charge on any atom is 0.0547 e. The molecule has 0 spiro atoms. The first-order valence-electron chi connectivity index (χ1n) is 17.9. The molecule has 9 aromatic carbocycles. The molecule has 0 N–H and O–H groups in total. The molecule has 0 saturated carbocycles. The Morgan fingerprint density at radius 1 is 0.288 bits per heavy atom. The van der Waals surface area contributed by atoms with Gasteiger partial charge in [-0.25, -0.2) is 0 Å². The van der Waals surface area contributed by atoms with Crippen LogP contribution in [0.3, 0.4) is 0 Å². The van der Waals surface area contributed by atoms with E-state index in [4.69, 9.17) is 0 Å². The zero-order valence-corrected chi connectivity index (χ0v) is 28.4. The lowest BCUT2D eigenvalue weighted by Gasteiger charge is -2.14. The number of hydrogen-bond donors (Lipinski definition) is 0. The van der Waals surface area contributed by atoms with Crippen LogP contribution >= 0.6 is 0 Å². The second-order valence-electron chi connectivity index (χ2n) is 13.7. The van der Waals surface area contributed by atoms with Gasteiger partial charge < -0.3 is 9.13 Å². The maximum absolute atomic E-state index is 2.46. The molecule has 2 heterocycles. The first-order valence-corrected chi connectivity index (χ1v) is 17.9. The fourth-order valence-electron chi connectivity index (χ4n) is 8.60. The Hall–Kier alpha value is -6.90. The molecule has 0 radical (unpaired) electrons.